The first-order chi connectivity index (χ1) is 13.2. The molecule has 0 aliphatic rings. The summed E-state index contributed by atoms with van der Waals surface area (Å²) < 4.78 is 15.2. The van der Waals surface area contributed by atoms with Gasteiger partial charge in [0, 0.05) is 11.3 Å². The average Bonchev–Trinajstić information content (AvgIpc) is 2.72. The molecule has 0 saturated carbocycles. The Bertz CT molecular complexity index is 1040. The van der Waals surface area contributed by atoms with E-state index in [0.29, 0.717) is 5.69 Å². The highest BCUT2D eigenvalue weighted by Crippen LogP contribution is 2.36. The lowest BCUT2D eigenvalue weighted by atomic mass is 9.96. The van der Waals surface area contributed by atoms with Crippen LogP contribution in [0.1, 0.15) is 5.56 Å². The summed E-state index contributed by atoms with van der Waals surface area (Å²) >= 11 is 0. The maximum absolute atomic E-state index is 15.2. The second-order valence-electron chi connectivity index (χ2n) is 6.60. The molecule has 0 aromatic heterocycles. The number of hydrogen-bond donors (Lipinski definition) is 1. The van der Waals surface area contributed by atoms with Crippen molar-refractivity contribution in [3.8, 4) is 22.3 Å². The predicted molar refractivity (Wildman–Crippen MR) is 112 cm³/mol. The molecule has 0 radical (unpaired) electrons. The first-order valence-corrected chi connectivity index (χ1v) is 8.99. The minimum Gasteiger partial charge on any atom is -0.353 e. The molecule has 0 aliphatic carbocycles. The van der Waals surface area contributed by atoms with Crippen molar-refractivity contribution >= 4 is 11.4 Å². The minimum atomic E-state index is -0.268. The van der Waals surface area contributed by atoms with Crippen molar-refractivity contribution in [2.45, 2.75) is 6.92 Å². The predicted octanol–water partition coefficient (Wildman–Crippen LogP) is 7.21. The van der Waals surface area contributed by atoms with E-state index in [9.17, 15) is 0 Å². The quantitative estimate of drug-likeness (QED) is 0.408. The van der Waals surface area contributed by atoms with Crippen LogP contribution in [0.25, 0.3) is 22.3 Å². The summed E-state index contributed by atoms with van der Waals surface area (Å²) in [5.74, 6) is -0.268. The molecule has 1 N–H and O–H groups in total. The smallest absolute Gasteiger partial charge is 0.147 e. The summed E-state index contributed by atoms with van der Waals surface area (Å²) in [6.07, 6.45) is 0. The molecule has 0 heterocycles. The number of rotatable bonds is 4. The van der Waals surface area contributed by atoms with Gasteiger partial charge in [-0.3, -0.25) is 0 Å². The summed E-state index contributed by atoms with van der Waals surface area (Å²) in [5, 5.41) is 3.27. The average molecular weight is 353 g/mol. The minimum absolute atomic E-state index is 0.268. The second-order valence-corrected chi connectivity index (χ2v) is 6.60. The zero-order valence-electron chi connectivity index (χ0n) is 15.1. The van der Waals surface area contributed by atoms with Crippen LogP contribution in [-0.2, 0) is 0 Å². The summed E-state index contributed by atoms with van der Waals surface area (Å²) in [5.41, 5.74) is 6.20. The van der Waals surface area contributed by atoms with Crippen LogP contribution in [0.5, 0.6) is 0 Å². The van der Waals surface area contributed by atoms with Gasteiger partial charge in [-0.2, -0.15) is 0 Å². The van der Waals surface area contributed by atoms with Crippen LogP contribution >= 0.6 is 0 Å². The lowest BCUT2D eigenvalue weighted by Gasteiger charge is -2.16. The highest BCUT2D eigenvalue weighted by atomic mass is 19.1. The molecule has 4 aromatic carbocycles. The Morgan fingerprint density at radius 2 is 1.22 bits per heavy atom. The molecule has 0 spiro atoms. The Morgan fingerprint density at radius 1 is 0.630 bits per heavy atom. The topological polar surface area (TPSA) is 12.0 Å². The molecule has 0 atom stereocenters. The van der Waals surface area contributed by atoms with Crippen molar-refractivity contribution in [1.29, 1.82) is 0 Å². The van der Waals surface area contributed by atoms with E-state index in [4.69, 9.17) is 0 Å². The fraction of sp³-hybridized carbons (Fsp3) is 0.0400. The molecule has 0 aliphatic heterocycles. The van der Waals surface area contributed by atoms with Crippen LogP contribution in [0.2, 0.25) is 0 Å². The summed E-state index contributed by atoms with van der Waals surface area (Å²) in [6.45, 7) is 2.04. The molecule has 0 saturated heterocycles. The van der Waals surface area contributed by atoms with Crippen molar-refractivity contribution < 1.29 is 4.39 Å². The Balaban J connectivity index is 1.85. The van der Waals surface area contributed by atoms with Gasteiger partial charge >= 0.3 is 0 Å². The summed E-state index contributed by atoms with van der Waals surface area (Å²) in [7, 11) is 0. The molecule has 2 heteroatoms. The maximum atomic E-state index is 15.2. The Hall–Kier alpha value is -3.39. The van der Waals surface area contributed by atoms with E-state index < -0.39 is 0 Å². The highest BCUT2D eigenvalue weighted by molar-refractivity contribution is 5.85. The van der Waals surface area contributed by atoms with Crippen LogP contribution in [-0.4, -0.2) is 0 Å². The molecule has 27 heavy (non-hydrogen) atoms. The lowest BCUT2D eigenvalue weighted by Crippen LogP contribution is -1.98. The van der Waals surface area contributed by atoms with Crippen LogP contribution in [0.4, 0.5) is 15.8 Å². The summed E-state index contributed by atoms with van der Waals surface area (Å²) in [4.78, 5) is 0. The van der Waals surface area contributed by atoms with Gasteiger partial charge in [0.25, 0.3) is 0 Å². The largest absolute Gasteiger partial charge is 0.353 e. The standard InChI is InChI=1S/C25H20FN/c1-18-12-14-22(15-13-18)27-25-23(20-10-6-3-7-11-20)16-21(17-24(25)26)19-8-4-2-5-9-19/h2-17,27H,1H3. The Kier molecular flexibility index (Phi) is 4.71. The normalized spacial score (nSPS) is 10.6. The van der Waals surface area contributed by atoms with E-state index in [1.54, 1.807) is 6.07 Å². The highest BCUT2D eigenvalue weighted by Gasteiger charge is 2.14. The van der Waals surface area contributed by atoms with Crippen LogP contribution in [0, 0.1) is 12.7 Å². The molecule has 4 aromatic rings. The van der Waals surface area contributed by atoms with Gasteiger partial charge in [0.1, 0.15) is 5.82 Å². The number of anilines is 2. The first kappa shape index (κ1) is 17.0. The molecule has 0 unspecified atom stereocenters. The second kappa shape index (κ2) is 7.46. The zero-order valence-corrected chi connectivity index (χ0v) is 15.1. The SMILES string of the molecule is Cc1ccc(Nc2c(F)cc(-c3ccccc3)cc2-c2ccccc2)cc1. The van der Waals surface area contributed by atoms with Crippen molar-refractivity contribution in [1.82, 2.24) is 0 Å². The van der Waals surface area contributed by atoms with Crippen molar-refractivity contribution in [2.24, 2.45) is 0 Å². The first-order valence-electron chi connectivity index (χ1n) is 8.99. The van der Waals surface area contributed by atoms with Crippen LogP contribution < -0.4 is 5.32 Å². The fourth-order valence-corrected chi connectivity index (χ4v) is 3.16. The molecule has 132 valence electrons. The number of nitrogens with one attached hydrogen (secondary N) is 1. The molecular weight excluding hydrogens is 333 g/mol. The number of benzene rings is 4. The van der Waals surface area contributed by atoms with Crippen LogP contribution in [0.3, 0.4) is 0 Å². The fourth-order valence-electron chi connectivity index (χ4n) is 3.16. The van der Waals surface area contributed by atoms with Gasteiger partial charge in [0.15, 0.2) is 0 Å². The third-order valence-electron chi connectivity index (χ3n) is 4.60. The lowest BCUT2D eigenvalue weighted by molar-refractivity contribution is 0.633. The number of halogens is 1. The van der Waals surface area contributed by atoms with Crippen LogP contribution in [0.15, 0.2) is 97.1 Å². The molecular formula is C25H20FN. The third kappa shape index (κ3) is 3.75. The van der Waals surface area contributed by atoms with Crippen molar-refractivity contribution in [3.63, 3.8) is 0 Å². The van der Waals surface area contributed by atoms with E-state index in [2.05, 4.69) is 5.32 Å². The maximum Gasteiger partial charge on any atom is 0.147 e. The van der Waals surface area contributed by atoms with Crippen molar-refractivity contribution in [2.75, 3.05) is 5.32 Å². The van der Waals surface area contributed by atoms with Gasteiger partial charge in [-0.05, 0) is 47.9 Å². The monoisotopic (exact) mass is 353 g/mol. The number of aryl methyl sites for hydroxylation is 1. The van der Waals surface area contributed by atoms with E-state index >= 15 is 4.39 Å². The van der Waals surface area contributed by atoms with E-state index in [1.807, 2.05) is 97.9 Å². The van der Waals surface area contributed by atoms with Gasteiger partial charge in [-0.15, -0.1) is 0 Å². The van der Waals surface area contributed by atoms with Gasteiger partial charge in [0.2, 0.25) is 0 Å². The van der Waals surface area contributed by atoms with E-state index in [0.717, 1.165) is 27.9 Å². The van der Waals surface area contributed by atoms with Gasteiger partial charge < -0.3 is 5.32 Å². The van der Waals surface area contributed by atoms with Gasteiger partial charge in [-0.25, -0.2) is 4.39 Å². The summed E-state index contributed by atoms with van der Waals surface area (Å²) in [6, 6.07) is 31.4. The van der Waals surface area contributed by atoms with E-state index in [-0.39, 0.29) is 5.82 Å². The number of hydrogen-bond acceptors (Lipinski definition) is 1. The molecule has 4 rings (SSSR count). The zero-order chi connectivity index (χ0) is 18.6. The van der Waals surface area contributed by atoms with Gasteiger partial charge in [0.05, 0.1) is 5.69 Å². The third-order valence-corrected chi connectivity index (χ3v) is 4.60. The molecule has 0 bridgehead atoms. The Morgan fingerprint density at radius 3 is 1.85 bits per heavy atom. The van der Waals surface area contributed by atoms with Crippen molar-refractivity contribution in [3.05, 3.63) is 108 Å². The molecule has 0 fully saturated rings. The molecule has 1 nitrogen and oxygen atoms in total. The van der Waals surface area contributed by atoms with Gasteiger partial charge in [-0.1, -0.05) is 78.4 Å². The Labute approximate surface area is 159 Å². The van der Waals surface area contributed by atoms with E-state index in [1.165, 1.54) is 5.56 Å². The molecule has 0 amide bonds.